The number of cyclic esters (lactones) is 1. The number of alkyl carbamates (subject to hydrolysis) is 1. The molecule has 8 nitrogen and oxygen atoms in total. The summed E-state index contributed by atoms with van der Waals surface area (Å²) >= 11 is 5.50. The smallest absolute Gasteiger partial charge is 0.408 e. The second-order valence-corrected chi connectivity index (χ2v) is 5.28. The van der Waals surface area contributed by atoms with E-state index in [-0.39, 0.29) is 18.7 Å². The van der Waals surface area contributed by atoms with E-state index in [1.165, 1.54) is 24.3 Å². The molecule has 9 heteroatoms. The number of carbonyl (C=O) groups is 2. The van der Waals surface area contributed by atoms with Gasteiger partial charge in [-0.15, -0.1) is 11.6 Å². The molecule has 0 saturated carbocycles. The van der Waals surface area contributed by atoms with Gasteiger partial charge in [0.05, 0.1) is 4.92 Å². The highest BCUT2D eigenvalue weighted by molar-refractivity contribution is 6.17. The van der Waals surface area contributed by atoms with Crippen LogP contribution in [0.15, 0.2) is 24.3 Å². The number of hydrogen-bond donors (Lipinski definition) is 1. The summed E-state index contributed by atoms with van der Waals surface area (Å²) in [6.07, 6.45) is -0.591. The van der Waals surface area contributed by atoms with Crippen molar-refractivity contribution in [3.8, 4) is 0 Å². The number of nitro benzene ring substituents is 1. The Labute approximate surface area is 136 Å². The lowest BCUT2D eigenvalue weighted by Crippen LogP contribution is -2.33. The fourth-order valence-electron chi connectivity index (χ4n) is 2.14. The molecule has 1 fully saturated rings. The fraction of sp³-hybridized carbons (Fsp3) is 0.429. The van der Waals surface area contributed by atoms with Gasteiger partial charge in [0.15, 0.2) is 6.10 Å². The minimum atomic E-state index is -0.677. The summed E-state index contributed by atoms with van der Waals surface area (Å²) in [4.78, 5) is 33.1. The highest BCUT2D eigenvalue weighted by Gasteiger charge is 2.36. The van der Waals surface area contributed by atoms with Crippen molar-refractivity contribution in [3.63, 3.8) is 0 Å². The SMILES string of the molecule is O=C(CCCCl)OC[C@@H]1NC(=O)O[C@H]1c1ccc([N+](=O)[O-])cc1. The molecule has 0 spiro atoms. The van der Waals surface area contributed by atoms with Gasteiger partial charge >= 0.3 is 12.1 Å². The number of carbonyl (C=O) groups excluding carboxylic acids is 2. The van der Waals surface area contributed by atoms with Crippen molar-refractivity contribution < 1.29 is 24.0 Å². The Balaban J connectivity index is 2.00. The van der Waals surface area contributed by atoms with Gasteiger partial charge in [0.2, 0.25) is 0 Å². The molecule has 1 heterocycles. The van der Waals surface area contributed by atoms with Gasteiger partial charge in [-0.3, -0.25) is 14.9 Å². The molecule has 2 rings (SSSR count). The van der Waals surface area contributed by atoms with Gasteiger partial charge < -0.3 is 14.8 Å². The third-order valence-electron chi connectivity index (χ3n) is 3.27. The van der Waals surface area contributed by atoms with Crippen LogP contribution in [-0.4, -0.2) is 35.5 Å². The van der Waals surface area contributed by atoms with Crippen LogP contribution in [0.2, 0.25) is 0 Å². The molecule has 124 valence electrons. The highest BCUT2D eigenvalue weighted by atomic mass is 35.5. The number of alkyl halides is 1. The zero-order chi connectivity index (χ0) is 16.8. The van der Waals surface area contributed by atoms with Gasteiger partial charge in [0.25, 0.3) is 5.69 Å². The molecule has 1 aromatic carbocycles. The zero-order valence-electron chi connectivity index (χ0n) is 12.1. The van der Waals surface area contributed by atoms with E-state index < -0.39 is 29.1 Å². The van der Waals surface area contributed by atoms with Crippen molar-refractivity contribution >= 4 is 29.4 Å². The third kappa shape index (κ3) is 4.56. The minimum absolute atomic E-state index is 0.0471. The second-order valence-electron chi connectivity index (χ2n) is 4.90. The predicted molar refractivity (Wildman–Crippen MR) is 80.2 cm³/mol. The number of nitrogens with one attached hydrogen (secondary N) is 1. The number of hydrogen-bond acceptors (Lipinski definition) is 6. The Morgan fingerprint density at radius 2 is 2.09 bits per heavy atom. The monoisotopic (exact) mass is 342 g/mol. The number of non-ortho nitro benzene ring substituents is 1. The van der Waals surface area contributed by atoms with Crippen molar-refractivity contribution in [3.05, 3.63) is 39.9 Å². The van der Waals surface area contributed by atoms with E-state index >= 15 is 0 Å². The van der Waals surface area contributed by atoms with Crippen molar-refractivity contribution in [1.82, 2.24) is 5.32 Å². The maximum Gasteiger partial charge on any atom is 0.408 e. The predicted octanol–water partition coefficient (Wildman–Crippen LogP) is 2.31. The summed E-state index contributed by atoms with van der Waals surface area (Å²) in [6.45, 7) is -0.0471. The standard InChI is InChI=1S/C14H15ClN2O6/c15-7-1-2-12(18)22-8-11-13(23-14(19)16-11)9-3-5-10(6-4-9)17(20)21/h3-6,11,13H,1-2,7-8H2,(H,16,19)/t11-,13-/m0/s1. The second kappa shape index (κ2) is 7.77. The molecule has 0 aliphatic carbocycles. The topological polar surface area (TPSA) is 108 Å². The lowest BCUT2D eigenvalue weighted by atomic mass is 10.0. The summed E-state index contributed by atoms with van der Waals surface area (Å²) < 4.78 is 10.2. The molecule has 1 aromatic rings. The molecule has 0 aromatic heterocycles. The van der Waals surface area contributed by atoms with E-state index in [0.29, 0.717) is 17.9 Å². The van der Waals surface area contributed by atoms with Gasteiger partial charge in [-0.25, -0.2) is 4.79 Å². The number of amides is 1. The van der Waals surface area contributed by atoms with E-state index in [2.05, 4.69) is 5.32 Å². The molecule has 23 heavy (non-hydrogen) atoms. The van der Waals surface area contributed by atoms with Crippen LogP contribution in [0.3, 0.4) is 0 Å². The lowest BCUT2D eigenvalue weighted by Gasteiger charge is -2.17. The van der Waals surface area contributed by atoms with Crippen molar-refractivity contribution in [2.24, 2.45) is 0 Å². The first kappa shape index (κ1) is 17.0. The quantitative estimate of drug-likeness (QED) is 0.352. The van der Waals surface area contributed by atoms with Crippen molar-refractivity contribution in [1.29, 1.82) is 0 Å². The average molecular weight is 343 g/mol. The van der Waals surface area contributed by atoms with Gasteiger partial charge in [0, 0.05) is 24.4 Å². The summed E-state index contributed by atoms with van der Waals surface area (Å²) in [7, 11) is 0. The fourth-order valence-corrected chi connectivity index (χ4v) is 2.27. The summed E-state index contributed by atoms with van der Waals surface area (Å²) in [5, 5.41) is 13.2. The van der Waals surface area contributed by atoms with E-state index in [0.717, 1.165) is 0 Å². The van der Waals surface area contributed by atoms with Crippen LogP contribution in [0.4, 0.5) is 10.5 Å². The lowest BCUT2D eigenvalue weighted by molar-refractivity contribution is -0.384. The molecule has 1 aliphatic heterocycles. The van der Waals surface area contributed by atoms with Crippen LogP contribution < -0.4 is 5.32 Å². The molecular weight excluding hydrogens is 328 g/mol. The number of esters is 1. The first-order valence-corrected chi connectivity index (χ1v) is 7.48. The van der Waals surface area contributed by atoms with Crippen molar-refractivity contribution in [2.75, 3.05) is 12.5 Å². The summed E-state index contributed by atoms with van der Waals surface area (Å²) in [5.74, 6) is -0.0432. The molecule has 1 saturated heterocycles. The number of halogens is 1. The van der Waals surface area contributed by atoms with E-state index in [1.807, 2.05) is 0 Å². The Kier molecular flexibility index (Phi) is 5.75. The Bertz CT molecular complexity index is 591. The number of benzene rings is 1. The Hall–Kier alpha value is -2.35. The van der Waals surface area contributed by atoms with Crippen LogP contribution in [0, 0.1) is 10.1 Å². The first-order valence-electron chi connectivity index (χ1n) is 6.94. The third-order valence-corrected chi connectivity index (χ3v) is 3.54. The minimum Gasteiger partial charge on any atom is -0.463 e. The van der Waals surface area contributed by atoms with Crippen LogP contribution in [0.25, 0.3) is 0 Å². The van der Waals surface area contributed by atoms with Crippen molar-refractivity contribution in [2.45, 2.75) is 25.0 Å². The van der Waals surface area contributed by atoms with Crippen LogP contribution in [0.1, 0.15) is 24.5 Å². The normalized spacial score (nSPS) is 19.8. The molecule has 1 N–H and O–H groups in total. The van der Waals surface area contributed by atoms with E-state index in [9.17, 15) is 19.7 Å². The van der Waals surface area contributed by atoms with Crippen LogP contribution in [-0.2, 0) is 14.3 Å². The molecule has 1 amide bonds. The molecule has 2 atom stereocenters. The highest BCUT2D eigenvalue weighted by Crippen LogP contribution is 2.28. The van der Waals surface area contributed by atoms with E-state index in [1.54, 1.807) is 0 Å². The number of nitrogens with zero attached hydrogens (tertiary/aromatic N) is 1. The average Bonchev–Trinajstić information content (AvgIpc) is 2.91. The maximum absolute atomic E-state index is 11.5. The Morgan fingerprint density at radius 3 is 2.70 bits per heavy atom. The molecule has 1 aliphatic rings. The summed E-state index contributed by atoms with van der Waals surface area (Å²) in [6, 6.07) is 5.11. The molecular formula is C14H15ClN2O6. The number of nitro groups is 1. The maximum atomic E-state index is 11.5. The molecule has 0 unspecified atom stereocenters. The summed E-state index contributed by atoms with van der Waals surface area (Å²) in [5.41, 5.74) is 0.519. The van der Waals surface area contributed by atoms with Gasteiger partial charge in [-0.05, 0) is 24.1 Å². The first-order chi connectivity index (χ1) is 11.0. The molecule has 0 bridgehead atoms. The van der Waals surface area contributed by atoms with E-state index in [4.69, 9.17) is 21.1 Å². The van der Waals surface area contributed by atoms with Gasteiger partial charge in [0.1, 0.15) is 12.6 Å². The van der Waals surface area contributed by atoms with Gasteiger partial charge in [-0.2, -0.15) is 0 Å². The zero-order valence-corrected chi connectivity index (χ0v) is 12.8. The van der Waals surface area contributed by atoms with Crippen LogP contribution >= 0.6 is 11.6 Å². The number of ether oxygens (including phenoxy) is 2. The number of rotatable bonds is 7. The molecule has 0 radical (unpaired) electrons. The van der Waals surface area contributed by atoms with Crippen LogP contribution in [0.5, 0.6) is 0 Å². The largest absolute Gasteiger partial charge is 0.463 e. The Morgan fingerprint density at radius 1 is 1.39 bits per heavy atom. The van der Waals surface area contributed by atoms with Gasteiger partial charge in [-0.1, -0.05) is 0 Å².